The number of nitrogens with one attached hydrogen (secondary N) is 1. The van der Waals surface area contributed by atoms with Gasteiger partial charge in [-0.2, -0.15) is 22.5 Å². The number of alkyl halides is 3. The molecule has 0 saturated heterocycles. The molecule has 1 rings (SSSR count). The molecule has 1 heterocycles. The Hall–Kier alpha value is -1.42. The van der Waals surface area contributed by atoms with Crippen molar-refractivity contribution in [2.24, 2.45) is 0 Å². The van der Waals surface area contributed by atoms with Gasteiger partial charge in [-0.25, -0.2) is 0 Å². The lowest BCUT2D eigenvalue weighted by Gasteiger charge is -2.12. The van der Waals surface area contributed by atoms with E-state index in [1.165, 1.54) is 7.11 Å². The quantitative estimate of drug-likeness (QED) is 0.823. The van der Waals surface area contributed by atoms with E-state index in [0.29, 0.717) is 11.5 Å². The van der Waals surface area contributed by atoms with E-state index in [9.17, 15) is 18.0 Å². The van der Waals surface area contributed by atoms with Crippen LogP contribution in [0.2, 0.25) is 0 Å². The van der Waals surface area contributed by atoms with Gasteiger partial charge in [-0.15, -0.1) is 0 Å². The van der Waals surface area contributed by atoms with E-state index >= 15 is 0 Å². The summed E-state index contributed by atoms with van der Waals surface area (Å²) in [7, 11) is 1.32. The number of anilines is 1. The van der Waals surface area contributed by atoms with Gasteiger partial charge in [-0.1, -0.05) is 0 Å². The third kappa shape index (κ3) is 4.45. The Morgan fingerprint density at radius 2 is 2.28 bits per heavy atom. The number of hydrogen-bond acceptors (Lipinski definition) is 6. The number of aliphatic carboxylic acids is 1. The van der Waals surface area contributed by atoms with Crippen LogP contribution in [-0.2, 0) is 15.7 Å². The molecule has 0 aromatic carbocycles. The van der Waals surface area contributed by atoms with Crippen molar-refractivity contribution >= 4 is 22.6 Å². The van der Waals surface area contributed by atoms with Crippen LogP contribution in [0.5, 0.6) is 0 Å². The minimum absolute atomic E-state index is 0.0326. The zero-order chi connectivity index (χ0) is 13.8. The molecule has 1 unspecified atom stereocenters. The molecule has 0 radical (unpaired) electrons. The Balaban J connectivity index is 2.52. The first-order valence-corrected chi connectivity index (χ1v) is 5.49. The Bertz CT molecular complexity index is 410. The Morgan fingerprint density at radius 1 is 1.61 bits per heavy atom. The van der Waals surface area contributed by atoms with Crippen molar-refractivity contribution in [2.45, 2.75) is 18.7 Å². The number of rotatable bonds is 6. The van der Waals surface area contributed by atoms with Crippen LogP contribution in [0.25, 0.3) is 0 Å². The second kappa shape index (κ2) is 5.96. The summed E-state index contributed by atoms with van der Waals surface area (Å²) in [6.07, 6.45) is -5.49. The predicted octanol–water partition coefficient (Wildman–Crippen LogP) is 1.46. The highest BCUT2D eigenvalue weighted by atomic mass is 32.1. The van der Waals surface area contributed by atoms with Crippen LogP contribution >= 0.6 is 11.5 Å². The third-order valence-corrected chi connectivity index (χ3v) is 2.57. The van der Waals surface area contributed by atoms with Gasteiger partial charge < -0.3 is 15.2 Å². The van der Waals surface area contributed by atoms with Gasteiger partial charge in [0, 0.05) is 25.2 Å². The van der Waals surface area contributed by atoms with E-state index in [4.69, 9.17) is 9.84 Å². The smallest absolute Gasteiger partial charge is 0.452 e. The number of ether oxygens (including phenoxy) is 1. The van der Waals surface area contributed by atoms with E-state index in [2.05, 4.69) is 14.7 Å². The van der Waals surface area contributed by atoms with Crippen LogP contribution in [-0.4, -0.2) is 40.2 Å². The molecule has 6 nitrogen and oxygen atoms in total. The van der Waals surface area contributed by atoms with Crippen molar-refractivity contribution in [3.63, 3.8) is 0 Å². The van der Waals surface area contributed by atoms with Gasteiger partial charge >= 0.3 is 12.1 Å². The topological polar surface area (TPSA) is 84.3 Å². The molecular weight excluding hydrogens is 275 g/mol. The molecule has 0 spiro atoms. The number of carboxylic acid groups (broad SMARTS) is 1. The monoisotopic (exact) mass is 285 g/mol. The predicted molar refractivity (Wildman–Crippen MR) is 56.5 cm³/mol. The Labute approximate surface area is 104 Å². The summed E-state index contributed by atoms with van der Waals surface area (Å²) in [5.41, 5.74) is 0. The average Bonchev–Trinajstić information content (AvgIpc) is 2.71. The van der Waals surface area contributed by atoms with Gasteiger partial charge in [0.25, 0.3) is 0 Å². The molecule has 18 heavy (non-hydrogen) atoms. The molecule has 1 aromatic rings. The molecule has 0 aliphatic carbocycles. The molecule has 0 amide bonds. The number of methoxy groups -OCH3 is 1. The zero-order valence-corrected chi connectivity index (χ0v) is 10.0. The highest BCUT2D eigenvalue weighted by molar-refractivity contribution is 7.09. The SMILES string of the molecule is COC(CNc1nc(C(F)(F)F)ns1)CC(=O)O. The summed E-state index contributed by atoms with van der Waals surface area (Å²) in [6, 6.07) is 0. The van der Waals surface area contributed by atoms with Crippen LogP contribution in [0, 0.1) is 0 Å². The fourth-order valence-electron chi connectivity index (χ4n) is 1.05. The van der Waals surface area contributed by atoms with Gasteiger partial charge in [0.05, 0.1) is 12.5 Å². The van der Waals surface area contributed by atoms with Crippen molar-refractivity contribution in [1.82, 2.24) is 9.36 Å². The standard InChI is InChI=1S/C8H10F3N3O3S/c1-17-4(2-5(15)16)3-12-7-13-6(14-18-7)8(9,10)11/h4H,2-3H2,1H3,(H,15,16)(H,12,13,14). The minimum atomic E-state index is -4.59. The zero-order valence-electron chi connectivity index (χ0n) is 9.19. The van der Waals surface area contributed by atoms with Gasteiger partial charge in [0.2, 0.25) is 11.0 Å². The summed E-state index contributed by atoms with van der Waals surface area (Å²) < 4.78 is 44.6. The molecule has 1 atom stereocenters. The first-order valence-electron chi connectivity index (χ1n) is 4.72. The lowest BCUT2D eigenvalue weighted by molar-refractivity contribution is -0.144. The van der Waals surface area contributed by atoms with Crippen LogP contribution in [0.1, 0.15) is 12.2 Å². The first-order chi connectivity index (χ1) is 8.32. The van der Waals surface area contributed by atoms with Crippen molar-refractivity contribution in [3.8, 4) is 0 Å². The number of aromatic nitrogens is 2. The molecule has 0 saturated carbocycles. The van der Waals surface area contributed by atoms with E-state index < -0.39 is 24.1 Å². The largest absolute Gasteiger partial charge is 0.481 e. The van der Waals surface area contributed by atoms with E-state index in [1.54, 1.807) is 0 Å². The van der Waals surface area contributed by atoms with Gasteiger partial charge in [-0.3, -0.25) is 4.79 Å². The lowest BCUT2D eigenvalue weighted by Crippen LogP contribution is -2.25. The molecule has 0 aliphatic heterocycles. The van der Waals surface area contributed by atoms with Crippen LogP contribution in [0.4, 0.5) is 18.3 Å². The molecule has 0 bridgehead atoms. The molecule has 1 aromatic heterocycles. The maximum absolute atomic E-state index is 12.2. The number of hydrogen-bond donors (Lipinski definition) is 2. The van der Waals surface area contributed by atoms with E-state index in [1.807, 2.05) is 0 Å². The summed E-state index contributed by atoms with van der Waals surface area (Å²) in [5, 5.41) is 11.1. The molecular formula is C8H10F3N3O3S. The lowest BCUT2D eigenvalue weighted by atomic mass is 10.2. The number of nitrogens with zero attached hydrogens (tertiary/aromatic N) is 2. The third-order valence-electron chi connectivity index (χ3n) is 1.90. The average molecular weight is 285 g/mol. The van der Waals surface area contributed by atoms with Gasteiger partial charge in [0.1, 0.15) is 0 Å². The highest BCUT2D eigenvalue weighted by Gasteiger charge is 2.36. The molecule has 2 N–H and O–H groups in total. The summed E-state index contributed by atoms with van der Waals surface area (Å²) in [6.45, 7) is 0.0370. The van der Waals surface area contributed by atoms with E-state index in [-0.39, 0.29) is 18.1 Å². The number of carbonyl (C=O) groups is 1. The van der Waals surface area contributed by atoms with Crippen LogP contribution in [0.15, 0.2) is 0 Å². The van der Waals surface area contributed by atoms with Crippen molar-refractivity contribution in [1.29, 1.82) is 0 Å². The summed E-state index contributed by atoms with van der Waals surface area (Å²) in [5.74, 6) is -2.28. The minimum Gasteiger partial charge on any atom is -0.481 e. The van der Waals surface area contributed by atoms with Crippen molar-refractivity contribution < 1.29 is 27.8 Å². The first kappa shape index (κ1) is 14.6. The number of halogens is 3. The number of carboxylic acids is 1. The molecule has 102 valence electrons. The van der Waals surface area contributed by atoms with Gasteiger partial charge in [-0.05, 0) is 0 Å². The normalized spacial score (nSPS) is 13.3. The highest BCUT2D eigenvalue weighted by Crippen LogP contribution is 2.28. The summed E-state index contributed by atoms with van der Waals surface area (Å²) >= 11 is 0.553. The van der Waals surface area contributed by atoms with Crippen molar-refractivity contribution in [3.05, 3.63) is 5.82 Å². The second-order valence-electron chi connectivity index (χ2n) is 3.26. The fraction of sp³-hybridized carbons (Fsp3) is 0.625. The maximum atomic E-state index is 12.2. The molecule has 10 heteroatoms. The van der Waals surface area contributed by atoms with Crippen molar-refractivity contribution in [2.75, 3.05) is 19.0 Å². The Kier molecular flexibility index (Phi) is 4.84. The molecule has 0 aliphatic rings. The fourth-order valence-corrected chi connectivity index (χ4v) is 1.64. The van der Waals surface area contributed by atoms with Crippen LogP contribution in [0.3, 0.4) is 0 Å². The summed E-state index contributed by atoms with van der Waals surface area (Å²) in [4.78, 5) is 13.7. The maximum Gasteiger partial charge on any atom is 0.452 e. The van der Waals surface area contributed by atoms with E-state index in [0.717, 1.165) is 0 Å². The van der Waals surface area contributed by atoms with Gasteiger partial charge in [0.15, 0.2) is 0 Å². The Morgan fingerprint density at radius 3 is 2.72 bits per heavy atom. The molecule has 0 fully saturated rings. The second-order valence-corrected chi connectivity index (χ2v) is 4.01. The van der Waals surface area contributed by atoms with Crippen LogP contribution < -0.4 is 5.32 Å².